The van der Waals surface area contributed by atoms with Gasteiger partial charge in [-0.05, 0) is 36.4 Å². The van der Waals surface area contributed by atoms with Crippen molar-refractivity contribution in [1.29, 1.82) is 5.26 Å². The number of halogens is 3. The Hall–Kier alpha value is -4.34. The number of nitriles is 1. The van der Waals surface area contributed by atoms with Crippen molar-refractivity contribution in [2.45, 2.75) is 31.0 Å². The molecule has 0 radical (unpaired) electrons. The number of alkyl halides is 3. The van der Waals surface area contributed by atoms with Gasteiger partial charge in [0.2, 0.25) is 5.60 Å². The minimum Gasteiger partial charge on any atom is -0.493 e. The van der Waals surface area contributed by atoms with Gasteiger partial charge in [0.15, 0.2) is 11.5 Å². The number of benzene rings is 2. The van der Waals surface area contributed by atoms with Gasteiger partial charge < -0.3 is 29.7 Å². The molecule has 3 N–H and O–H groups in total. The number of aliphatic hydroxyl groups is 2. The van der Waals surface area contributed by atoms with Crippen LogP contribution < -0.4 is 19.5 Å². The zero-order valence-electron chi connectivity index (χ0n) is 22.5. The molecule has 2 heterocycles. The van der Waals surface area contributed by atoms with Crippen molar-refractivity contribution >= 4 is 5.91 Å². The Morgan fingerprint density at radius 3 is 2.49 bits per heavy atom. The summed E-state index contributed by atoms with van der Waals surface area (Å²) in [6.07, 6.45) is -5.23. The lowest BCUT2D eigenvalue weighted by molar-refractivity contribution is -0.265. The van der Waals surface area contributed by atoms with Crippen molar-refractivity contribution in [2.24, 2.45) is 0 Å². The molecule has 0 bridgehead atoms. The first-order chi connectivity index (χ1) is 19.3. The molecule has 1 amide bonds. The molecule has 0 spiro atoms. The van der Waals surface area contributed by atoms with Crippen LogP contribution in [0.2, 0.25) is 0 Å². The summed E-state index contributed by atoms with van der Waals surface area (Å²) in [7, 11) is 1.32. The van der Waals surface area contributed by atoms with Gasteiger partial charge in [0.1, 0.15) is 18.1 Å². The number of carbonyl (C=O) groups excluding carboxylic acids is 1. The fraction of sp³-hybridized carbons (Fsp3) is 0.345. The van der Waals surface area contributed by atoms with Crippen LogP contribution in [0, 0.1) is 11.3 Å². The summed E-state index contributed by atoms with van der Waals surface area (Å²) in [5.41, 5.74) is -3.79. The number of nitrogens with zero attached hydrogens (tertiary/aromatic N) is 2. The van der Waals surface area contributed by atoms with Crippen LogP contribution in [0.4, 0.5) is 13.2 Å². The molecule has 3 aromatic rings. The molecular weight excluding hydrogens is 543 g/mol. The van der Waals surface area contributed by atoms with Crippen molar-refractivity contribution in [3.8, 4) is 34.6 Å². The summed E-state index contributed by atoms with van der Waals surface area (Å²) in [4.78, 5) is 17.1. The van der Waals surface area contributed by atoms with E-state index < -0.39 is 35.3 Å². The van der Waals surface area contributed by atoms with E-state index in [0.717, 1.165) is 6.07 Å². The molecule has 216 valence electrons. The number of aromatic nitrogens is 1. The summed E-state index contributed by atoms with van der Waals surface area (Å²) in [5, 5.41) is 31.4. The summed E-state index contributed by atoms with van der Waals surface area (Å²) in [5.74, 6) is -0.261. The Kier molecular flexibility index (Phi) is 8.15. The van der Waals surface area contributed by atoms with Crippen molar-refractivity contribution in [2.75, 3.05) is 33.5 Å². The molecule has 4 rings (SSSR count). The normalized spacial score (nSPS) is 15.2. The zero-order chi connectivity index (χ0) is 30.0. The van der Waals surface area contributed by atoms with Gasteiger partial charge in [0, 0.05) is 22.1 Å². The molecule has 0 saturated carbocycles. The van der Waals surface area contributed by atoms with Gasteiger partial charge in [-0.15, -0.1) is 0 Å². The van der Waals surface area contributed by atoms with E-state index in [2.05, 4.69) is 10.3 Å². The quantitative estimate of drug-likeness (QED) is 0.353. The highest BCUT2D eigenvalue weighted by molar-refractivity contribution is 5.95. The molecule has 1 aliphatic rings. The highest BCUT2D eigenvalue weighted by Gasteiger charge is 2.57. The highest BCUT2D eigenvalue weighted by Crippen LogP contribution is 2.47. The second-order valence-electron chi connectivity index (χ2n) is 10.1. The van der Waals surface area contributed by atoms with Gasteiger partial charge in [-0.1, -0.05) is 26.0 Å². The largest absolute Gasteiger partial charge is 0.493 e. The molecule has 12 heteroatoms. The third kappa shape index (κ3) is 5.77. The van der Waals surface area contributed by atoms with Gasteiger partial charge in [-0.2, -0.15) is 18.4 Å². The molecule has 2 aromatic carbocycles. The number of pyridine rings is 1. The van der Waals surface area contributed by atoms with E-state index in [4.69, 9.17) is 24.6 Å². The summed E-state index contributed by atoms with van der Waals surface area (Å²) in [6, 6.07) is 13.2. The average Bonchev–Trinajstić information content (AvgIpc) is 3.27. The second kappa shape index (κ2) is 11.3. The SMILES string of the molecule is COc1cc(C(=O)NCC(O)(c2cc3c(c(-c4ccc(C#N)cc4)n2)OCC3(C)C)C(F)(F)F)ccc1OCCO. The number of nitrogens with one attached hydrogen (secondary N) is 1. The van der Waals surface area contributed by atoms with Crippen LogP contribution in [0.5, 0.6) is 17.2 Å². The van der Waals surface area contributed by atoms with Gasteiger partial charge in [0.05, 0.1) is 44.2 Å². The Morgan fingerprint density at radius 1 is 1.17 bits per heavy atom. The maximum Gasteiger partial charge on any atom is 0.424 e. The Bertz CT molecular complexity index is 1480. The van der Waals surface area contributed by atoms with Gasteiger partial charge in [-0.25, -0.2) is 4.98 Å². The smallest absolute Gasteiger partial charge is 0.424 e. The lowest BCUT2D eigenvalue weighted by Gasteiger charge is -2.31. The number of hydrogen-bond acceptors (Lipinski definition) is 8. The number of carbonyl (C=O) groups is 1. The van der Waals surface area contributed by atoms with E-state index in [0.29, 0.717) is 16.7 Å². The van der Waals surface area contributed by atoms with Crippen LogP contribution in [0.25, 0.3) is 11.3 Å². The lowest BCUT2D eigenvalue weighted by atomic mass is 9.84. The topological polar surface area (TPSA) is 134 Å². The molecule has 1 atom stereocenters. The monoisotopic (exact) mass is 571 g/mol. The lowest BCUT2D eigenvalue weighted by Crippen LogP contribution is -2.51. The number of rotatable bonds is 9. The third-order valence-electron chi connectivity index (χ3n) is 6.74. The van der Waals surface area contributed by atoms with Crippen molar-refractivity contribution in [1.82, 2.24) is 10.3 Å². The maximum absolute atomic E-state index is 14.5. The first-order valence-corrected chi connectivity index (χ1v) is 12.5. The third-order valence-corrected chi connectivity index (χ3v) is 6.74. The van der Waals surface area contributed by atoms with Crippen LogP contribution >= 0.6 is 0 Å². The Morgan fingerprint density at radius 2 is 1.88 bits per heavy atom. The van der Waals surface area contributed by atoms with Gasteiger partial charge in [-0.3, -0.25) is 4.79 Å². The first kappa shape index (κ1) is 29.6. The molecule has 1 aliphatic heterocycles. The second-order valence-corrected chi connectivity index (χ2v) is 10.1. The summed E-state index contributed by atoms with van der Waals surface area (Å²) < 4.78 is 60.0. The fourth-order valence-electron chi connectivity index (χ4n) is 4.35. The zero-order valence-corrected chi connectivity index (χ0v) is 22.5. The van der Waals surface area contributed by atoms with E-state index in [1.54, 1.807) is 13.8 Å². The molecule has 41 heavy (non-hydrogen) atoms. The molecule has 9 nitrogen and oxygen atoms in total. The van der Waals surface area contributed by atoms with E-state index in [1.165, 1.54) is 49.6 Å². The predicted octanol–water partition coefficient (Wildman–Crippen LogP) is 3.85. The van der Waals surface area contributed by atoms with E-state index in [-0.39, 0.29) is 48.3 Å². The van der Waals surface area contributed by atoms with Crippen LogP contribution in [-0.4, -0.2) is 60.8 Å². The number of methoxy groups -OCH3 is 1. The molecule has 0 aliphatic carbocycles. The van der Waals surface area contributed by atoms with Crippen LogP contribution in [-0.2, 0) is 11.0 Å². The van der Waals surface area contributed by atoms with Crippen molar-refractivity contribution in [3.63, 3.8) is 0 Å². The number of aliphatic hydroxyl groups excluding tert-OH is 1. The number of ether oxygens (including phenoxy) is 3. The fourth-order valence-corrected chi connectivity index (χ4v) is 4.35. The minimum absolute atomic E-state index is 0.0272. The number of amides is 1. The standard InChI is InChI=1S/C29H28F3N3O6/c1-27(2)16-41-25-20(27)13-23(35-24(25)18-6-4-17(14-33)5-7-18)28(38,29(30,31)32)15-34-26(37)19-8-9-21(40-11-10-36)22(12-19)39-3/h4-9,12-13,36,38H,10-11,15-16H2,1-3H3,(H,34,37). The molecule has 1 aromatic heterocycles. The highest BCUT2D eigenvalue weighted by atomic mass is 19.4. The Balaban J connectivity index is 1.72. The van der Waals surface area contributed by atoms with Crippen LogP contribution in [0.3, 0.4) is 0 Å². The Labute approximate surface area is 234 Å². The van der Waals surface area contributed by atoms with Crippen LogP contribution in [0.1, 0.15) is 41.0 Å². The van der Waals surface area contributed by atoms with E-state index in [9.17, 15) is 23.1 Å². The maximum atomic E-state index is 14.5. The van der Waals surface area contributed by atoms with E-state index >= 15 is 0 Å². The first-order valence-electron chi connectivity index (χ1n) is 12.5. The molecule has 0 fully saturated rings. The van der Waals surface area contributed by atoms with Crippen LogP contribution in [0.15, 0.2) is 48.5 Å². The van der Waals surface area contributed by atoms with Gasteiger partial charge in [0.25, 0.3) is 5.91 Å². The number of hydrogen-bond donors (Lipinski definition) is 3. The predicted molar refractivity (Wildman–Crippen MR) is 141 cm³/mol. The van der Waals surface area contributed by atoms with E-state index in [1.807, 2.05) is 6.07 Å². The molecule has 1 unspecified atom stereocenters. The van der Waals surface area contributed by atoms with Gasteiger partial charge >= 0.3 is 6.18 Å². The number of fused-ring (bicyclic) bond motifs is 1. The molecule has 0 saturated heterocycles. The average molecular weight is 572 g/mol. The summed E-state index contributed by atoms with van der Waals surface area (Å²) in [6.45, 7) is 2.24. The van der Waals surface area contributed by atoms with Crippen molar-refractivity contribution < 1.29 is 42.4 Å². The summed E-state index contributed by atoms with van der Waals surface area (Å²) >= 11 is 0. The van der Waals surface area contributed by atoms with Crippen molar-refractivity contribution in [3.05, 3.63) is 70.9 Å². The minimum atomic E-state index is -5.23. The molecular formula is C29H28F3N3O6.